The average molecular weight is 270 g/mol. The number of aryl methyl sites for hydroxylation is 1. The van der Waals surface area contributed by atoms with Crippen molar-refractivity contribution in [3.05, 3.63) is 53.6 Å². The van der Waals surface area contributed by atoms with Crippen LogP contribution in [-0.2, 0) is 6.42 Å². The van der Waals surface area contributed by atoms with Gasteiger partial charge in [-0.2, -0.15) is 0 Å². The Hall–Kier alpha value is -2.49. The fourth-order valence-corrected chi connectivity index (χ4v) is 2.08. The van der Waals surface area contributed by atoms with E-state index < -0.39 is 5.97 Å². The summed E-state index contributed by atoms with van der Waals surface area (Å²) >= 11 is 0. The predicted octanol–water partition coefficient (Wildman–Crippen LogP) is 3.66. The van der Waals surface area contributed by atoms with E-state index in [1.165, 1.54) is 11.6 Å². The van der Waals surface area contributed by atoms with Crippen molar-refractivity contribution in [3.8, 4) is 0 Å². The predicted molar refractivity (Wildman–Crippen MR) is 81.5 cm³/mol. The van der Waals surface area contributed by atoms with Gasteiger partial charge in [-0.25, -0.2) is 4.79 Å². The summed E-state index contributed by atoms with van der Waals surface area (Å²) in [5, 5.41) is 12.3. The van der Waals surface area contributed by atoms with Crippen molar-refractivity contribution >= 4 is 23.0 Å². The minimum atomic E-state index is -0.998. The van der Waals surface area contributed by atoms with Crippen molar-refractivity contribution < 1.29 is 9.90 Å². The molecule has 20 heavy (non-hydrogen) atoms. The van der Waals surface area contributed by atoms with E-state index in [1.54, 1.807) is 12.1 Å². The zero-order chi connectivity index (χ0) is 14.5. The number of hydrogen-bond donors (Lipinski definition) is 3. The van der Waals surface area contributed by atoms with Crippen LogP contribution >= 0.6 is 0 Å². The highest BCUT2D eigenvalue weighted by atomic mass is 16.4. The number of para-hydroxylation sites is 1. The third-order valence-corrected chi connectivity index (χ3v) is 3.09. The van der Waals surface area contributed by atoms with Crippen LogP contribution in [0.15, 0.2) is 42.5 Å². The molecule has 2 aromatic rings. The molecule has 0 radical (unpaired) electrons. The van der Waals surface area contributed by atoms with Crippen molar-refractivity contribution in [3.63, 3.8) is 0 Å². The number of nitrogens with two attached hydrogens (primary N) is 1. The molecule has 0 fully saturated rings. The lowest BCUT2D eigenvalue weighted by Crippen LogP contribution is -2.05. The highest BCUT2D eigenvalue weighted by Gasteiger charge is 2.12. The van der Waals surface area contributed by atoms with Gasteiger partial charge in [0.25, 0.3) is 0 Å². The van der Waals surface area contributed by atoms with Crippen LogP contribution < -0.4 is 11.1 Å². The molecule has 0 atom stereocenters. The molecule has 2 rings (SSSR count). The summed E-state index contributed by atoms with van der Waals surface area (Å²) in [5.74, 6) is -0.998. The van der Waals surface area contributed by atoms with E-state index in [1.807, 2.05) is 24.3 Å². The van der Waals surface area contributed by atoms with Crippen LogP contribution in [-0.4, -0.2) is 11.1 Å². The van der Waals surface area contributed by atoms with E-state index >= 15 is 0 Å². The van der Waals surface area contributed by atoms with E-state index in [0.717, 1.165) is 18.5 Å². The highest BCUT2D eigenvalue weighted by Crippen LogP contribution is 2.27. The number of anilines is 3. The molecule has 0 amide bonds. The molecule has 4 N–H and O–H groups in total. The first kappa shape index (κ1) is 13.9. The van der Waals surface area contributed by atoms with Gasteiger partial charge in [0.1, 0.15) is 0 Å². The van der Waals surface area contributed by atoms with Gasteiger partial charge in [-0.1, -0.05) is 31.5 Å². The number of benzene rings is 2. The molecule has 0 heterocycles. The summed E-state index contributed by atoms with van der Waals surface area (Å²) in [4.78, 5) is 11.2. The molecule has 0 aromatic heterocycles. The van der Waals surface area contributed by atoms with Gasteiger partial charge in [-0.3, -0.25) is 0 Å². The number of carboxylic acid groups (broad SMARTS) is 1. The van der Waals surface area contributed by atoms with Gasteiger partial charge < -0.3 is 16.2 Å². The van der Waals surface area contributed by atoms with Crippen LogP contribution in [0.3, 0.4) is 0 Å². The van der Waals surface area contributed by atoms with E-state index in [2.05, 4.69) is 12.2 Å². The van der Waals surface area contributed by atoms with Crippen LogP contribution in [0.4, 0.5) is 17.1 Å². The second kappa shape index (κ2) is 6.10. The SMILES string of the molecule is CCCc1ccc(Nc2c(N)cccc2C(=O)O)cc1. The first-order valence-electron chi connectivity index (χ1n) is 6.59. The Kier molecular flexibility index (Phi) is 4.25. The van der Waals surface area contributed by atoms with Gasteiger partial charge in [-0.15, -0.1) is 0 Å². The minimum absolute atomic E-state index is 0.169. The topological polar surface area (TPSA) is 75.3 Å². The molecule has 104 valence electrons. The molecular formula is C16H18N2O2. The molecule has 0 saturated heterocycles. The van der Waals surface area contributed by atoms with Gasteiger partial charge in [0, 0.05) is 5.69 Å². The van der Waals surface area contributed by atoms with Crippen LogP contribution in [0.25, 0.3) is 0 Å². The normalized spacial score (nSPS) is 10.2. The third-order valence-electron chi connectivity index (χ3n) is 3.09. The van der Waals surface area contributed by atoms with Crippen LogP contribution in [0.2, 0.25) is 0 Å². The van der Waals surface area contributed by atoms with Gasteiger partial charge in [-0.05, 0) is 36.2 Å². The van der Waals surface area contributed by atoms with Crippen LogP contribution in [0.5, 0.6) is 0 Å². The average Bonchev–Trinajstić information content (AvgIpc) is 2.43. The van der Waals surface area contributed by atoms with Gasteiger partial charge >= 0.3 is 5.97 Å². The van der Waals surface area contributed by atoms with Crippen molar-refractivity contribution in [1.82, 2.24) is 0 Å². The summed E-state index contributed by atoms with van der Waals surface area (Å²) in [6.45, 7) is 2.13. The maximum atomic E-state index is 11.2. The molecule has 0 aliphatic rings. The van der Waals surface area contributed by atoms with E-state index in [4.69, 9.17) is 5.73 Å². The number of nitrogens with one attached hydrogen (secondary N) is 1. The van der Waals surface area contributed by atoms with Crippen molar-refractivity contribution in [2.24, 2.45) is 0 Å². The Bertz CT molecular complexity index is 606. The van der Waals surface area contributed by atoms with E-state index in [-0.39, 0.29) is 5.56 Å². The Morgan fingerprint density at radius 2 is 1.90 bits per heavy atom. The highest BCUT2D eigenvalue weighted by molar-refractivity contribution is 5.98. The summed E-state index contributed by atoms with van der Waals surface area (Å²) in [5.41, 5.74) is 8.97. The van der Waals surface area contributed by atoms with Crippen molar-refractivity contribution in [2.75, 3.05) is 11.1 Å². The molecule has 0 aliphatic heterocycles. The molecule has 0 bridgehead atoms. The molecule has 0 unspecified atom stereocenters. The molecule has 4 nitrogen and oxygen atoms in total. The first-order chi connectivity index (χ1) is 9.61. The maximum Gasteiger partial charge on any atom is 0.337 e. The lowest BCUT2D eigenvalue weighted by molar-refractivity contribution is 0.0698. The zero-order valence-electron chi connectivity index (χ0n) is 11.4. The van der Waals surface area contributed by atoms with Gasteiger partial charge in [0.05, 0.1) is 16.9 Å². The smallest absolute Gasteiger partial charge is 0.337 e. The number of hydrogen-bond acceptors (Lipinski definition) is 3. The first-order valence-corrected chi connectivity index (χ1v) is 6.59. The molecule has 2 aromatic carbocycles. The number of carboxylic acids is 1. The number of aromatic carboxylic acids is 1. The van der Waals surface area contributed by atoms with E-state index in [9.17, 15) is 9.90 Å². The van der Waals surface area contributed by atoms with Gasteiger partial charge in [0.15, 0.2) is 0 Å². The lowest BCUT2D eigenvalue weighted by Gasteiger charge is -2.12. The Morgan fingerprint density at radius 3 is 2.50 bits per heavy atom. The summed E-state index contributed by atoms with van der Waals surface area (Å²) in [6.07, 6.45) is 2.13. The second-order valence-corrected chi connectivity index (χ2v) is 4.65. The summed E-state index contributed by atoms with van der Waals surface area (Å²) in [7, 11) is 0. The third kappa shape index (κ3) is 3.09. The number of nitrogen functional groups attached to an aromatic ring is 1. The Labute approximate surface area is 118 Å². The van der Waals surface area contributed by atoms with Crippen molar-refractivity contribution in [1.29, 1.82) is 0 Å². The molecular weight excluding hydrogens is 252 g/mol. The van der Waals surface area contributed by atoms with Crippen LogP contribution in [0.1, 0.15) is 29.3 Å². The summed E-state index contributed by atoms with van der Waals surface area (Å²) < 4.78 is 0. The maximum absolute atomic E-state index is 11.2. The van der Waals surface area contributed by atoms with Gasteiger partial charge in [0.2, 0.25) is 0 Å². The second-order valence-electron chi connectivity index (χ2n) is 4.65. The van der Waals surface area contributed by atoms with Crippen LogP contribution in [0, 0.1) is 0 Å². The zero-order valence-corrected chi connectivity index (χ0v) is 11.4. The molecule has 0 spiro atoms. The number of rotatable bonds is 5. The Morgan fingerprint density at radius 1 is 1.20 bits per heavy atom. The molecule has 0 saturated carbocycles. The minimum Gasteiger partial charge on any atom is -0.478 e. The fourth-order valence-electron chi connectivity index (χ4n) is 2.08. The summed E-state index contributed by atoms with van der Waals surface area (Å²) in [6, 6.07) is 12.8. The Balaban J connectivity index is 2.27. The number of carbonyl (C=O) groups is 1. The van der Waals surface area contributed by atoms with E-state index in [0.29, 0.717) is 11.4 Å². The quantitative estimate of drug-likeness (QED) is 0.725. The lowest BCUT2D eigenvalue weighted by atomic mass is 10.1. The largest absolute Gasteiger partial charge is 0.478 e. The molecule has 4 heteroatoms. The standard InChI is InChI=1S/C16H18N2O2/c1-2-4-11-7-9-12(10-8-11)18-15-13(16(19)20)5-3-6-14(15)17/h3,5-10,18H,2,4,17H2,1H3,(H,19,20). The monoisotopic (exact) mass is 270 g/mol. The molecule has 0 aliphatic carbocycles. The fraction of sp³-hybridized carbons (Fsp3) is 0.188. The van der Waals surface area contributed by atoms with Crippen molar-refractivity contribution in [2.45, 2.75) is 19.8 Å².